The van der Waals surface area contributed by atoms with Crippen LogP contribution in [0.25, 0.3) is 0 Å². The SMILES string of the molecule is CC[C@H](NC(=O)CN(c1cc(Cl)ccc1OC)S(=O)(=O)c1ccc(C)cc1)c1ccc(OC)c(C)c1. The molecule has 3 aromatic rings. The number of halogens is 1. The number of amides is 1. The van der Waals surface area contributed by atoms with Crippen molar-refractivity contribution in [3.05, 3.63) is 82.4 Å². The van der Waals surface area contributed by atoms with Gasteiger partial charge in [0.15, 0.2) is 0 Å². The molecule has 0 aromatic heterocycles. The number of sulfonamides is 1. The fraction of sp³-hybridized carbons (Fsp3) is 0.296. The number of rotatable bonds is 10. The first-order valence-corrected chi connectivity index (χ1v) is 13.3. The van der Waals surface area contributed by atoms with Gasteiger partial charge in [-0.3, -0.25) is 9.10 Å². The number of nitrogens with one attached hydrogen (secondary N) is 1. The van der Waals surface area contributed by atoms with Gasteiger partial charge in [0.05, 0.1) is 30.8 Å². The number of methoxy groups -OCH3 is 2. The third kappa shape index (κ3) is 6.12. The molecule has 0 saturated heterocycles. The molecule has 0 fully saturated rings. The lowest BCUT2D eigenvalue weighted by molar-refractivity contribution is -0.120. The highest BCUT2D eigenvalue weighted by Gasteiger charge is 2.30. The summed E-state index contributed by atoms with van der Waals surface area (Å²) < 4.78 is 39.2. The molecular formula is C27H31ClN2O5S. The van der Waals surface area contributed by atoms with Crippen molar-refractivity contribution in [1.29, 1.82) is 0 Å². The van der Waals surface area contributed by atoms with Crippen LogP contribution in [-0.4, -0.2) is 35.1 Å². The first-order chi connectivity index (χ1) is 17.1. The van der Waals surface area contributed by atoms with Gasteiger partial charge < -0.3 is 14.8 Å². The van der Waals surface area contributed by atoms with Crippen molar-refractivity contribution in [2.45, 2.75) is 38.1 Å². The maximum Gasteiger partial charge on any atom is 0.264 e. The topological polar surface area (TPSA) is 84.9 Å². The number of nitrogens with zero attached hydrogens (tertiary/aromatic N) is 1. The third-order valence-electron chi connectivity index (χ3n) is 5.87. The molecule has 9 heteroatoms. The van der Waals surface area contributed by atoms with E-state index >= 15 is 0 Å². The monoisotopic (exact) mass is 530 g/mol. The maximum absolute atomic E-state index is 13.7. The van der Waals surface area contributed by atoms with Gasteiger partial charge in [0.25, 0.3) is 10.0 Å². The normalized spacial score (nSPS) is 12.1. The molecule has 0 bridgehead atoms. The number of aryl methyl sites for hydroxylation is 2. The molecule has 1 amide bonds. The highest BCUT2D eigenvalue weighted by atomic mass is 35.5. The standard InChI is InChI=1S/C27H31ClN2O5S/c1-6-23(20-9-13-25(34-4)19(3)15-20)29-27(31)17-30(24-16-21(28)10-14-26(24)35-5)36(32,33)22-11-7-18(2)8-12-22/h7-16,23H,6,17H2,1-5H3,(H,29,31)/t23-/m0/s1. The van der Waals surface area contributed by atoms with Gasteiger partial charge in [-0.25, -0.2) is 8.42 Å². The second-order valence-electron chi connectivity index (χ2n) is 8.40. The van der Waals surface area contributed by atoms with E-state index < -0.39 is 22.5 Å². The van der Waals surface area contributed by atoms with Gasteiger partial charge in [-0.05, 0) is 67.8 Å². The Morgan fingerprint density at radius 1 is 0.972 bits per heavy atom. The van der Waals surface area contributed by atoms with Crippen molar-refractivity contribution in [2.24, 2.45) is 0 Å². The average Bonchev–Trinajstić information content (AvgIpc) is 2.86. The van der Waals surface area contributed by atoms with Crippen LogP contribution in [0.15, 0.2) is 65.6 Å². The molecule has 0 aliphatic carbocycles. The Balaban J connectivity index is 1.98. The molecule has 0 heterocycles. The first kappa shape index (κ1) is 27.4. The van der Waals surface area contributed by atoms with Gasteiger partial charge in [0, 0.05) is 5.02 Å². The van der Waals surface area contributed by atoms with Gasteiger partial charge in [0.2, 0.25) is 5.91 Å². The zero-order valence-electron chi connectivity index (χ0n) is 21.0. The van der Waals surface area contributed by atoms with E-state index in [9.17, 15) is 13.2 Å². The number of carbonyl (C=O) groups is 1. The van der Waals surface area contributed by atoms with E-state index in [1.165, 1.54) is 25.3 Å². The average molecular weight is 531 g/mol. The minimum Gasteiger partial charge on any atom is -0.496 e. The molecule has 0 aliphatic rings. The van der Waals surface area contributed by atoms with Gasteiger partial charge in [-0.2, -0.15) is 0 Å². The molecule has 3 rings (SSSR count). The van der Waals surface area contributed by atoms with Gasteiger partial charge in [-0.15, -0.1) is 0 Å². The Bertz CT molecular complexity index is 1330. The van der Waals surface area contributed by atoms with Crippen LogP contribution in [0.3, 0.4) is 0 Å². The van der Waals surface area contributed by atoms with Crippen LogP contribution in [0.5, 0.6) is 11.5 Å². The number of carbonyl (C=O) groups excluding carboxylic acids is 1. The number of hydrogen-bond acceptors (Lipinski definition) is 5. The van der Waals surface area contributed by atoms with Crippen LogP contribution < -0.4 is 19.1 Å². The second-order valence-corrected chi connectivity index (χ2v) is 10.7. The van der Waals surface area contributed by atoms with Crippen LogP contribution in [0.2, 0.25) is 5.02 Å². The van der Waals surface area contributed by atoms with Crippen LogP contribution >= 0.6 is 11.6 Å². The summed E-state index contributed by atoms with van der Waals surface area (Å²) in [4.78, 5) is 13.3. The summed E-state index contributed by atoms with van der Waals surface area (Å²) in [5.74, 6) is 0.567. The number of ether oxygens (including phenoxy) is 2. The lowest BCUT2D eigenvalue weighted by atomic mass is 10.0. The molecule has 0 unspecified atom stereocenters. The fourth-order valence-electron chi connectivity index (χ4n) is 3.91. The van der Waals surface area contributed by atoms with E-state index in [4.69, 9.17) is 21.1 Å². The zero-order valence-corrected chi connectivity index (χ0v) is 22.6. The van der Waals surface area contributed by atoms with Crippen molar-refractivity contribution >= 4 is 33.2 Å². The van der Waals surface area contributed by atoms with E-state index in [2.05, 4.69) is 5.32 Å². The predicted molar refractivity (Wildman–Crippen MR) is 143 cm³/mol. The van der Waals surface area contributed by atoms with E-state index in [-0.39, 0.29) is 22.4 Å². The summed E-state index contributed by atoms with van der Waals surface area (Å²) in [5.41, 5.74) is 2.93. The Morgan fingerprint density at radius 3 is 2.19 bits per heavy atom. The molecule has 36 heavy (non-hydrogen) atoms. The van der Waals surface area contributed by atoms with E-state index in [1.54, 1.807) is 31.4 Å². The van der Waals surface area contributed by atoms with Crippen molar-refractivity contribution in [3.8, 4) is 11.5 Å². The van der Waals surface area contributed by atoms with E-state index in [1.807, 2.05) is 39.0 Å². The third-order valence-corrected chi connectivity index (χ3v) is 7.88. The summed E-state index contributed by atoms with van der Waals surface area (Å²) in [7, 11) is -1.08. The minimum absolute atomic E-state index is 0.0562. The molecule has 1 atom stereocenters. The van der Waals surface area contributed by atoms with Crippen molar-refractivity contribution in [2.75, 3.05) is 25.1 Å². The lowest BCUT2D eigenvalue weighted by Gasteiger charge is -2.27. The molecule has 0 aliphatic heterocycles. The quantitative estimate of drug-likeness (QED) is 0.377. The van der Waals surface area contributed by atoms with Crippen molar-refractivity contribution in [1.82, 2.24) is 5.32 Å². The van der Waals surface area contributed by atoms with E-state index in [0.717, 1.165) is 26.7 Å². The fourth-order valence-corrected chi connectivity index (χ4v) is 5.49. The number of benzene rings is 3. The van der Waals surface area contributed by atoms with Crippen molar-refractivity contribution < 1.29 is 22.7 Å². The molecule has 3 aromatic carbocycles. The highest BCUT2D eigenvalue weighted by molar-refractivity contribution is 7.92. The summed E-state index contributed by atoms with van der Waals surface area (Å²) in [6.07, 6.45) is 0.614. The molecule has 192 valence electrons. The minimum atomic E-state index is -4.12. The lowest BCUT2D eigenvalue weighted by Crippen LogP contribution is -2.42. The maximum atomic E-state index is 13.7. The smallest absolute Gasteiger partial charge is 0.264 e. The van der Waals surface area contributed by atoms with Crippen LogP contribution in [0.4, 0.5) is 5.69 Å². The Kier molecular flexibility index (Phi) is 8.87. The van der Waals surface area contributed by atoms with Gasteiger partial charge >= 0.3 is 0 Å². The number of hydrogen-bond donors (Lipinski definition) is 1. The van der Waals surface area contributed by atoms with Crippen LogP contribution in [-0.2, 0) is 14.8 Å². The summed E-state index contributed by atoms with van der Waals surface area (Å²) in [5, 5.41) is 3.29. The summed E-state index contributed by atoms with van der Waals surface area (Å²) in [6, 6.07) is 16.5. The molecule has 7 nitrogen and oxygen atoms in total. The molecule has 0 spiro atoms. The predicted octanol–water partition coefficient (Wildman–Crippen LogP) is 5.44. The Labute approximate surface area is 218 Å². The highest BCUT2D eigenvalue weighted by Crippen LogP contribution is 2.35. The Morgan fingerprint density at radius 2 is 1.61 bits per heavy atom. The van der Waals surface area contributed by atoms with Crippen LogP contribution in [0.1, 0.15) is 36.1 Å². The largest absolute Gasteiger partial charge is 0.496 e. The molecular weight excluding hydrogens is 500 g/mol. The first-order valence-electron chi connectivity index (χ1n) is 11.5. The Hall–Kier alpha value is -3.23. The van der Waals surface area contributed by atoms with E-state index in [0.29, 0.717) is 11.4 Å². The second kappa shape index (κ2) is 11.7. The molecule has 1 N–H and O–H groups in total. The summed E-state index contributed by atoms with van der Waals surface area (Å²) in [6.45, 7) is 5.29. The van der Waals surface area contributed by atoms with Gasteiger partial charge in [0.1, 0.15) is 18.0 Å². The molecule has 0 radical (unpaired) electrons. The molecule has 0 saturated carbocycles. The summed E-state index contributed by atoms with van der Waals surface area (Å²) >= 11 is 6.21. The number of anilines is 1. The zero-order chi connectivity index (χ0) is 26.5. The van der Waals surface area contributed by atoms with Gasteiger partial charge in [-0.1, -0.05) is 48.4 Å². The van der Waals surface area contributed by atoms with Crippen LogP contribution in [0, 0.1) is 13.8 Å². The van der Waals surface area contributed by atoms with Crippen molar-refractivity contribution in [3.63, 3.8) is 0 Å².